The fraction of sp³-hybridized carbons (Fsp3) is 0.214. The van der Waals surface area contributed by atoms with E-state index in [1.807, 2.05) is 25.1 Å². The van der Waals surface area contributed by atoms with Gasteiger partial charge < -0.3 is 15.2 Å². The second kappa shape index (κ2) is 5.91. The fourth-order valence-electron chi connectivity index (χ4n) is 1.81. The molecule has 0 spiro atoms. The molecule has 0 bridgehead atoms. The number of benzene rings is 1. The summed E-state index contributed by atoms with van der Waals surface area (Å²) in [5, 5.41) is 0.516. The first-order valence-corrected chi connectivity index (χ1v) is 6.20. The molecule has 2 rings (SSSR count). The van der Waals surface area contributed by atoms with E-state index in [2.05, 4.69) is 4.98 Å². The summed E-state index contributed by atoms with van der Waals surface area (Å²) in [5.74, 6) is 1.89. The Balaban J connectivity index is 2.39. The first kappa shape index (κ1) is 13.6. The van der Waals surface area contributed by atoms with Gasteiger partial charge in [0, 0.05) is 18.3 Å². The lowest BCUT2D eigenvalue weighted by molar-refractivity contribution is 0.397. The molecule has 5 heteroatoms. The van der Waals surface area contributed by atoms with Crippen molar-refractivity contribution in [1.82, 2.24) is 4.98 Å². The summed E-state index contributed by atoms with van der Waals surface area (Å²) >= 11 is 5.88. The van der Waals surface area contributed by atoms with Gasteiger partial charge in [-0.2, -0.15) is 0 Å². The second-order valence-electron chi connectivity index (χ2n) is 4.10. The van der Waals surface area contributed by atoms with E-state index in [1.165, 1.54) is 0 Å². The summed E-state index contributed by atoms with van der Waals surface area (Å²) in [5.41, 5.74) is 6.78. The molecular formula is C14H15ClN2O2. The van der Waals surface area contributed by atoms with Crippen LogP contribution in [0.4, 0.5) is 0 Å². The van der Waals surface area contributed by atoms with Gasteiger partial charge in [0.25, 0.3) is 0 Å². The van der Waals surface area contributed by atoms with E-state index in [0.29, 0.717) is 22.3 Å². The van der Waals surface area contributed by atoms with Gasteiger partial charge in [0.2, 0.25) is 0 Å². The highest BCUT2D eigenvalue weighted by atomic mass is 35.5. The molecule has 1 atom stereocenters. The third-order valence-corrected chi connectivity index (χ3v) is 2.82. The van der Waals surface area contributed by atoms with Crippen LogP contribution in [0.3, 0.4) is 0 Å². The number of nitrogens with two attached hydrogens (primary N) is 1. The van der Waals surface area contributed by atoms with E-state index in [4.69, 9.17) is 26.8 Å². The molecule has 4 nitrogen and oxygen atoms in total. The average molecular weight is 279 g/mol. The highest BCUT2D eigenvalue weighted by molar-refractivity contribution is 6.30. The van der Waals surface area contributed by atoms with Gasteiger partial charge in [-0.25, -0.2) is 0 Å². The minimum absolute atomic E-state index is 0.210. The molecule has 2 aromatic rings. The van der Waals surface area contributed by atoms with Crippen LogP contribution in [-0.4, -0.2) is 12.1 Å². The van der Waals surface area contributed by atoms with Gasteiger partial charge in [-0.15, -0.1) is 0 Å². The second-order valence-corrected chi connectivity index (χ2v) is 4.54. The van der Waals surface area contributed by atoms with E-state index in [1.54, 1.807) is 25.6 Å². The minimum atomic E-state index is -0.210. The SMILES string of the molecule is COc1cccc(Oc2cncc(Cl)c2)c1C(C)N. The van der Waals surface area contributed by atoms with Crippen molar-refractivity contribution in [2.24, 2.45) is 5.73 Å². The molecule has 1 unspecified atom stereocenters. The normalized spacial score (nSPS) is 12.0. The number of nitrogens with zero attached hydrogens (tertiary/aromatic N) is 1. The molecule has 0 amide bonds. The zero-order chi connectivity index (χ0) is 13.8. The topological polar surface area (TPSA) is 57.4 Å². The first-order chi connectivity index (χ1) is 9.11. The largest absolute Gasteiger partial charge is 0.496 e. The Morgan fingerprint density at radius 2 is 2.00 bits per heavy atom. The smallest absolute Gasteiger partial charge is 0.147 e. The van der Waals surface area contributed by atoms with Crippen LogP contribution in [-0.2, 0) is 0 Å². The lowest BCUT2D eigenvalue weighted by atomic mass is 10.1. The van der Waals surface area contributed by atoms with Crippen molar-refractivity contribution in [2.45, 2.75) is 13.0 Å². The van der Waals surface area contributed by atoms with Gasteiger partial charge in [-0.1, -0.05) is 17.7 Å². The minimum Gasteiger partial charge on any atom is -0.496 e. The van der Waals surface area contributed by atoms with Crippen LogP contribution in [0, 0.1) is 0 Å². The molecule has 0 aliphatic rings. The van der Waals surface area contributed by atoms with Crippen LogP contribution in [0.1, 0.15) is 18.5 Å². The molecule has 0 saturated carbocycles. The molecular weight excluding hydrogens is 264 g/mol. The third kappa shape index (κ3) is 3.16. The molecule has 1 aromatic heterocycles. The van der Waals surface area contributed by atoms with Crippen molar-refractivity contribution in [2.75, 3.05) is 7.11 Å². The predicted octanol–water partition coefficient (Wildman–Crippen LogP) is 3.56. The van der Waals surface area contributed by atoms with Crippen molar-refractivity contribution < 1.29 is 9.47 Å². The van der Waals surface area contributed by atoms with Gasteiger partial charge in [-0.3, -0.25) is 4.98 Å². The highest BCUT2D eigenvalue weighted by Crippen LogP contribution is 2.35. The van der Waals surface area contributed by atoms with Crippen LogP contribution >= 0.6 is 11.6 Å². The Morgan fingerprint density at radius 3 is 2.63 bits per heavy atom. The maximum atomic E-state index is 5.97. The van der Waals surface area contributed by atoms with E-state index < -0.39 is 0 Å². The van der Waals surface area contributed by atoms with Gasteiger partial charge in [0.05, 0.1) is 23.9 Å². The molecule has 100 valence electrons. The van der Waals surface area contributed by atoms with E-state index >= 15 is 0 Å². The highest BCUT2D eigenvalue weighted by Gasteiger charge is 2.15. The number of pyridine rings is 1. The quantitative estimate of drug-likeness (QED) is 0.929. The summed E-state index contributed by atoms with van der Waals surface area (Å²) in [7, 11) is 1.60. The van der Waals surface area contributed by atoms with Crippen molar-refractivity contribution in [3.05, 3.63) is 47.2 Å². The van der Waals surface area contributed by atoms with Crippen molar-refractivity contribution in [3.63, 3.8) is 0 Å². The molecule has 19 heavy (non-hydrogen) atoms. The molecule has 0 aliphatic carbocycles. The van der Waals surface area contributed by atoms with Crippen molar-refractivity contribution in [1.29, 1.82) is 0 Å². The van der Waals surface area contributed by atoms with Gasteiger partial charge in [0.15, 0.2) is 0 Å². The number of methoxy groups -OCH3 is 1. The zero-order valence-electron chi connectivity index (χ0n) is 10.8. The van der Waals surface area contributed by atoms with Crippen LogP contribution in [0.5, 0.6) is 17.2 Å². The lowest BCUT2D eigenvalue weighted by Crippen LogP contribution is -2.08. The van der Waals surface area contributed by atoms with Gasteiger partial charge >= 0.3 is 0 Å². The number of hydrogen-bond acceptors (Lipinski definition) is 4. The molecule has 0 saturated heterocycles. The summed E-state index contributed by atoms with van der Waals surface area (Å²) in [6, 6.07) is 7.01. The van der Waals surface area contributed by atoms with Crippen LogP contribution < -0.4 is 15.2 Å². The maximum absolute atomic E-state index is 5.97. The molecule has 0 fully saturated rings. The monoisotopic (exact) mass is 278 g/mol. The maximum Gasteiger partial charge on any atom is 0.147 e. The molecule has 0 radical (unpaired) electrons. The average Bonchev–Trinajstić information content (AvgIpc) is 2.38. The van der Waals surface area contributed by atoms with Crippen LogP contribution in [0.15, 0.2) is 36.7 Å². The summed E-state index contributed by atoms with van der Waals surface area (Å²) in [4.78, 5) is 3.98. The molecule has 2 N–H and O–H groups in total. The number of rotatable bonds is 4. The molecule has 1 heterocycles. The number of aromatic nitrogens is 1. The Kier molecular flexibility index (Phi) is 4.24. The Labute approximate surface area is 117 Å². The predicted molar refractivity (Wildman–Crippen MR) is 74.9 cm³/mol. The van der Waals surface area contributed by atoms with Gasteiger partial charge in [0.1, 0.15) is 17.2 Å². The van der Waals surface area contributed by atoms with Crippen LogP contribution in [0.2, 0.25) is 5.02 Å². The number of hydrogen-bond donors (Lipinski definition) is 1. The summed E-state index contributed by atoms with van der Waals surface area (Å²) in [6.45, 7) is 1.88. The summed E-state index contributed by atoms with van der Waals surface area (Å²) < 4.78 is 11.1. The van der Waals surface area contributed by atoms with Crippen LogP contribution in [0.25, 0.3) is 0 Å². The molecule has 1 aromatic carbocycles. The standard InChI is InChI=1S/C14H15ClN2O2/c1-9(16)14-12(18-2)4-3-5-13(14)19-11-6-10(15)7-17-8-11/h3-9H,16H2,1-2H3. The number of ether oxygens (including phenoxy) is 2. The first-order valence-electron chi connectivity index (χ1n) is 5.82. The lowest BCUT2D eigenvalue weighted by Gasteiger charge is -2.16. The van der Waals surface area contributed by atoms with E-state index in [0.717, 1.165) is 5.56 Å². The Morgan fingerprint density at radius 1 is 1.26 bits per heavy atom. The number of halogens is 1. The van der Waals surface area contributed by atoms with Crippen molar-refractivity contribution >= 4 is 11.6 Å². The van der Waals surface area contributed by atoms with Gasteiger partial charge in [-0.05, 0) is 19.1 Å². The fourth-order valence-corrected chi connectivity index (χ4v) is 1.98. The third-order valence-electron chi connectivity index (χ3n) is 2.61. The Bertz CT molecular complexity index is 573. The Hall–Kier alpha value is -1.78. The van der Waals surface area contributed by atoms with Crippen molar-refractivity contribution in [3.8, 4) is 17.2 Å². The zero-order valence-corrected chi connectivity index (χ0v) is 11.5. The van der Waals surface area contributed by atoms with E-state index in [-0.39, 0.29) is 6.04 Å². The summed E-state index contributed by atoms with van der Waals surface area (Å²) in [6.07, 6.45) is 3.14. The molecule has 0 aliphatic heterocycles. The van der Waals surface area contributed by atoms with E-state index in [9.17, 15) is 0 Å².